The van der Waals surface area contributed by atoms with Gasteiger partial charge in [-0.15, -0.1) is 0 Å². The summed E-state index contributed by atoms with van der Waals surface area (Å²) in [4.78, 5) is 14.4. The van der Waals surface area contributed by atoms with Crippen molar-refractivity contribution in [3.63, 3.8) is 0 Å². The number of ether oxygens (including phenoxy) is 2. The average Bonchev–Trinajstić information content (AvgIpc) is 3.29. The summed E-state index contributed by atoms with van der Waals surface area (Å²) in [5.74, 6) is 0.712. The molecule has 0 bridgehead atoms. The lowest BCUT2D eigenvalue weighted by Crippen LogP contribution is -2.33. The summed E-state index contributed by atoms with van der Waals surface area (Å²) in [5, 5.41) is 10.1. The van der Waals surface area contributed by atoms with Gasteiger partial charge >= 0.3 is 5.97 Å². The van der Waals surface area contributed by atoms with Gasteiger partial charge < -0.3 is 19.5 Å². The van der Waals surface area contributed by atoms with Crippen molar-refractivity contribution in [2.24, 2.45) is 0 Å². The van der Waals surface area contributed by atoms with E-state index in [2.05, 4.69) is 69.9 Å². The average molecular weight is 464 g/mol. The number of aliphatic hydroxyl groups is 1. The number of aliphatic hydroxyl groups excluding tert-OH is 1. The first-order valence-corrected chi connectivity index (χ1v) is 12.6. The van der Waals surface area contributed by atoms with E-state index in [-0.39, 0.29) is 29.5 Å². The SMILES string of the molecule is CC1(C)Cc2cc(N3Cc4ccccc4C3)c(C(C)(C)C)c(CC[C@H]3C[C@H](O)CC(=O)O3)c2O1. The second-order valence-corrected chi connectivity index (χ2v) is 11.9. The van der Waals surface area contributed by atoms with Gasteiger partial charge in [0.25, 0.3) is 0 Å². The minimum absolute atomic E-state index is 0.0900. The van der Waals surface area contributed by atoms with Crippen LogP contribution in [0.4, 0.5) is 5.69 Å². The predicted molar refractivity (Wildman–Crippen MR) is 133 cm³/mol. The molecule has 0 unspecified atom stereocenters. The van der Waals surface area contributed by atoms with E-state index in [0.717, 1.165) is 31.7 Å². The number of fused-ring (bicyclic) bond motifs is 2. The molecule has 2 aromatic carbocycles. The van der Waals surface area contributed by atoms with Gasteiger partial charge in [0.2, 0.25) is 0 Å². The Balaban J connectivity index is 1.56. The third-order valence-electron chi connectivity index (χ3n) is 7.31. The van der Waals surface area contributed by atoms with Crippen LogP contribution in [0.1, 0.15) is 81.7 Å². The summed E-state index contributed by atoms with van der Waals surface area (Å²) in [7, 11) is 0. The Hall–Kier alpha value is -2.53. The number of hydrogen-bond donors (Lipinski definition) is 1. The van der Waals surface area contributed by atoms with Crippen LogP contribution in [0.15, 0.2) is 30.3 Å². The lowest BCUT2D eigenvalue weighted by atomic mass is 9.79. The molecule has 3 aliphatic heterocycles. The van der Waals surface area contributed by atoms with Crippen molar-refractivity contribution in [3.05, 3.63) is 58.1 Å². The first-order valence-electron chi connectivity index (χ1n) is 12.6. The maximum atomic E-state index is 11.9. The second kappa shape index (κ2) is 8.30. The first kappa shape index (κ1) is 23.2. The Bertz CT molecular complexity index is 1090. The molecule has 34 heavy (non-hydrogen) atoms. The largest absolute Gasteiger partial charge is 0.487 e. The van der Waals surface area contributed by atoms with Gasteiger partial charge in [0, 0.05) is 42.7 Å². The maximum absolute atomic E-state index is 11.9. The highest BCUT2D eigenvalue weighted by atomic mass is 16.5. The Morgan fingerprint density at radius 3 is 2.41 bits per heavy atom. The van der Waals surface area contributed by atoms with Gasteiger partial charge in [-0.1, -0.05) is 45.0 Å². The van der Waals surface area contributed by atoms with Gasteiger partial charge in [0.1, 0.15) is 17.5 Å². The number of hydrogen-bond acceptors (Lipinski definition) is 5. The lowest BCUT2D eigenvalue weighted by molar-refractivity contribution is -0.160. The molecule has 182 valence electrons. The summed E-state index contributed by atoms with van der Waals surface area (Å²) < 4.78 is 12.1. The van der Waals surface area contributed by atoms with Gasteiger partial charge in [0.15, 0.2) is 0 Å². The van der Waals surface area contributed by atoms with E-state index < -0.39 is 6.10 Å². The number of anilines is 1. The number of nitrogens with zero attached hydrogens (tertiary/aromatic N) is 1. The minimum atomic E-state index is -0.608. The smallest absolute Gasteiger partial charge is 0.308 e. The van der Waals surface area contributed by atoms with Crippen LogP contribution in [0.3, 0.4) is 0 Å². The Labute approximate surface area is 203 Å². The quantitative estimate of drug-likeness (QED) is 0.630. The van der Waals surface area contributed by atoms with Crippen molar-refractivity contribution in [1.82, 2.24) is 0 Å². The normalized spacial score (nSPS) is 23.4. The van der Waals surface area contributed by atoms with Crippen LogP contribution in [0.5, 0.6) is 5.75 Å². The van der Waals surface area contributed by atoms with Crippen LogP contribution < -0.4 is 9.64 Å². The minimum Gasteiger partial charge on any atom is -0.487 e. The van der Waals surface area contributed by atoms with Crippen LogP contribution in [-0.2, 0) is 40.9 Å². The fourth-order valence-electron chi connectivity index (χ4n) is 5.97. The number of carbonyl (C=O) groups is 1. The Kier molecular flexibility index (Phi) is 5.67. The van der Waals surface area contributed by atoms with Crippen LogP contribution in [0, 0.1) is 0 Å². The number of cyclic esters (lactones) is 1. The molecule has 5 heteroatoms. The van der Waals surface area contributed by atoms with E-state index in [9.17, 15) is 9.90 Å². The van der Waals surface area contributed by atoms with Gasteiger partial charge in [0.05, 0.1) is 12.5 Å². The summed E-state index contributed by atoms with van der Waals surface area (Å²) in [6.45, 7) is 12.9. The van der Waals surface area contributed by atoms with Gasteiger partial charge in [-0.05, 0) is 54.9 Å². The van der Waals surface area contributed by atoms with Crippen LogP contribution in [-0.4, -0.2) is 28.9 Å². The van der Waals surface area contributed by atoms with Crippen molar-refractivity contribution in [3.8, 4) is 5.75 Å². The molecule has 0 spiro atoms. The lowest BCUT2D eigenvalue weighted by Gasteiger charge is -2.33. The highest BCUT2D eigenvalue weighted by Gasteiger charge is 2.38. The van der Waals surface area contributed by atoms with Crippen molar-refractivity contribution in [1.29, 1.82) is 0 Å². The van der Waals surface area contributed by atoms with E-state index in [1.807, 2.05) is 0 Å². The predicted octanol–water partition coefficient (Wildman–Crippen LogP) is 5.22. The molecular weight excluding hydrogens is 426 g/mol. The highest BCUT2D eigenvalue weighted by molar-refractivity contribution is 5.71. The zero-order valence-electron chi connectivity index (χ0n) is 21.1. The molecular formula is C29H37NO4. The van der Waals surface area contributed by atoms with Crippen LogP contribution >= 0.6 is 0 Å². The van der Waals surface area contributed by atoms with Crippen LogP contribution in [0.25, 0.3) is 0 Å². The fourth-order valence-corrected chi connectivity index (χ4v) is 5.97. The molecule has 3 heterocycles. The number of carbonyl (C=O) groups excluding carboxylic acids is 1. The van der Waals surface area contributed by atoms with Gasteiger partial charge in [-0.2, -0.15) is 0 Å². The molecule has 1 fully saturated rings. The zero-order valence-corrected chi connectivity index (χ0v) is 21.1. The van der Waals surface area contributed by atoms with Crippen molar-refractivity contribution >= 4 is 11.7 Å². The topological polar surface area (TPSA) is 59.0 Å². The Morgan fingerprint density at radius 1 is 1.12 bits per heavy atom. The summed E-state index contributed by atoms with van der Waals surface area (Å²) in [5.41, 5.74) is 7.56. The molecule has 1 N–H and O–H groups in total. The molecule has 2 atom stereocenters. The highest BCUT2D eigenvalue weighted by Crippen LogP contribution is 2.48. The summed E-state index contributed by atoms with van der Waals surface area (Å²) >= 11 is 0. The van der Waals surface area contributed by atoms with Crippen molar-refractivity contribution < 1.29 is 19.4 Å². The number of benzene rings is 2. The molecule has 0 saturated carbocycles. The molecule has 0 radical (unpaired) electrons. The third kappa shape index (κ3) is 4.43. The molecule has 0 aromatic heterocycles. The van der Waals surface area contributed by atoms with Crippen molar-refractivity contribution in [2.75, 3.05) is 4.90 Å². The molecule has 5 nitrogen and oxygen atoms in total. The molecule has 1 saturated heterocycles. The standard InChI is InChI=1S/C29H37NO4/c1-28(2,3)26-23(11-10-22-13-21(31)14-25(32)33-22)27-20(15-29(4,5)34-27)12-24(26)30-16-18-8-6-7-9-19(18)17-30/h6-9,12,21-22,31H,10-11,13-17H2,1-5H3/t21-,22-/m0/s1. The summed E-state index contributed by atoms with van der Waals surface area (Å²) in [6.07, 6.45) is 2.06. The first-order chi connectivity index (χ1) is 16.0. The number of rotatable bonds is 4. The second-order valence-electron chi connectivity index (χ2n) is 11.9. The molecule has 5 rings (SSSR count). The molecule has 3 aliphatic rings. The summed E-state index contributed by atoms with van der Waals surface area (Å²) in [6, 6.07) is 11.1. The number of esters is 1. The van der Waals surface area contributed by atoms with Gasteiger partial charge in [-0.3, -0.25) is 4.79 Å². The molecule has 2 aromatic rings. The Morgan fingerprint density at radius 2 is 1.79 bits per heavy atom. The van der Waals surface area contributed by atoms with E-state index in [1.54, 1.807) is 0 Å². The van der Waals surface area contributed by atoms with Crippen LogP contribution in [0.2, 0.25) is 0 Å². The fraction of sp³-hybridized carbons (Fsp3) is 0.552. The molecule has 0 amide bonds. The van der Waals surface area contributed by atoms with Crippen molar-refractivity contribution in [2.45, 2.75) is 103 Å². The molecule has 0 aliphatic carbocycles. The monoisotopic (exact) mass is 463 g/mol. The van der Waals surface area contributed by atoms with E-state index >= 15 is 0 Å². The van der Waals surface area contributed by atoms with E-state index in [1.165, 1.54) is 33.5 Å². The van der Waals surface area contributed by atoms with E-state index in [0.29, 0.717) is 12.8 Å². The zero-order chi connectivity index (χ0) is 24.3. The van der Waals surface area contributed by atoms with E-state index in [4.69, 9.17) is 9.47 Å². The third-order valence-corrected chi connectivity index (χ3v) is 7.31. The van der Waals surface area contributed by atoms with Gasteiger partial charge in [-0.25, -0.2) is 0 Å². The maximum Gasteiger partial charge on any atom is 0.308 e.